The Bertz CT molecular complexity index is 559. The van der Waals surface area contributed by atoms with Gasteiger partial charge in [0.05, 0.1) is 13.7 Å². The van der Waals surface area contributed by atoms with Gasteiger partial charge in [0.15, 0.2) is 0 Å². The molecule has 0 radical (unpaired) electrons. The minimum absolute atomic E-state index is 0.587. The summed E-state index contributed by atoms with van der Waals surface area (Å²) in [5.41, 5.74) is 2.54. The van der Waals surface area contributed by atoms with Crippen LogP contribution >= 0.6 is 0 Å². The summed E-state index contributed by atoms with van der Waals surface area (Å²) in [5.74, 6) is 1.58. The number of carbonyl (C=O) groups excluding carboxylic acids is 1. The molecule has 0 aliphatic heterocycles. The molecule has 0 heterocycles. The topological polar surface area (TPSA) is 35.5 Å². The predicted molar refractivity (Wildman–Crippen MR) is 75.0 cm³/mol. The Labute approximate surface area is 112 Å². The van der Waals surface area contributed by atoms with Crippen LogP contribution < -0.4 is 9.47 Å². The molecule has 0 unspecified atom stereocenters. The van der Waals surface area contributed by atoms with Gasteiger partial charge in [0, 0.05) is 11.1 Å². The van der Waals surface area contributed by atoms with Crippen molar-refractivity contribution in [1.29, 1.82) is 0 Å². The second kappa shape index (κ2) is 6.05. The molecule has 2 rings (SSSR count). The third-order valence-corrected chi connectivity index (χ3v) is 2.84. The summed E-state index contributed by atoms with van der Waals surface area (Å²) in [4.78, 5) is 10.9. The van der Waals surface area contributed by atoms with Gasteiger partial charge in [-0.25, -0.2) is 0 Å². The highest BCUT2D eigenvalue weighted by Crippen LogP contribution is 2.31. The summed E-state index contributed by atoms with van der Waals surface area (Å²) >= 11 is 0. The van der Waals surface area contributed by atoms with Crippen molar-refractivity contribution < 1.29 is 14.3 Å². The quantitative estimate of drug-likeness (QED) is 0.767. The van der Waals surface area contributed by atoms with Gasteiger partial charge in [-0.2, -0.15) is 0 Å². The van der Waals surface area contributed by atoms with Crippen LogP contribution in [-0.2, 0) is 0 Å². The molecule has 0 N–H and O–H groups in total. The third-order valence-electron chi connectivity index (χ3n) is 2.84. The molecule has 0 fully saturated rings. The van der Waals surface area contributed by atoms with Gasteiger partial charge in [0.25, 0.3) is 0 Å². The highest BCUT2D eigenvalue weighted by atomic mass is 16.5. The van der Waals surface area contributed by atoms with Crippen LogP contribution in [0.25, 0.3) is 11.1 Å². The van der Waals surface area contributed by atoms with Gasteiger partial charge in [0.1, 0.15) is 17.8 Å². The van der Waals surface area contributed by atoms with Gasteiger partial charge in [-0.05, 0) is 42.8 Å². The third kappa shape index (κ3) is 2.94. The first-order valence-electron chi connectivity index (χ1n) is 6.15. The number of methoxy groups -OCH3 is 1. The Kier molecular flexibility index (Phi) is 4.18. The van der Waals surface area contributed by atoms with Crippen molar-refractivity contribution in [3.8, 4) is 22.6 Å². The van der Waals surface area contributed by atoms with Crippen LogP contribution in [-0.4, -0.2) is 20.0 Å². The number of hydrogen-bond donors (Lipinski definition) is 0. The standard InChI is InChI=1S/C16H16O3/c1-3-19-16-9-4-12(11-17)10-15(16)13-5-7-14(18-2)8-6-13/h4-11H,3H2,1-2H3. The fourth-order valence-electron chi connectivity index (χ4n) is 1.90. The van der Waals surface area contributed by atoms with Gasteiger partial charge < -0.3 is 9.47 Å². The van der Waals surface area contributed by atoms with Crippen molar-refractivity contribution >= 4 is 6.29 Å². The first-order valence-corrected chi connectivity index (χ1v) is 6.15. The van der Waals surface area contributed by atoms with Crippen molar-refractivity contribution in [2.45, 2.75) is 6.92 Å². The summed E-state index contributed by atoms with van der Waals surface area (Å²) in [6.07, 6.45) is 0.836. The minimum Gasteiger partial charge on any atom is -0.497 e. The maximum absolute atomic E-state index is 10.9. The molecule has 0 aliphatic carbocycles. The average molecular weight is 256 g/mol. The zero-order valence-electron chi connectivity index (χ0n) is 11.1. The fourth-order valence-corrected chi connectivity index (χ4v) is 1.90. The second-order valence-corrected chi connectivity index (χ2v) is 4.03. The summed E-state index contributed by atoms with van der Waals surface area (Å²) in [5, 5.41) is 0. The van der Waals surface area contributed by atoms with Crippen molar-refractivity contribution in [3.63, 3.8) is 0 Å². The maximum Gasteiger partial charge on any atom is 0.150 e. The molecule has 0 saturated heterocycles. The largest absolute Gasteiger partial charge is 0.497 e. The van der Waals surface area contributed by atoms with Crippen molar-refractivity contribution in [2.24, 2.45) is 0 Å². The van der Waals surface area contributed by atoms with E-state index in [1.807, 2.05) is 43.3 Å². The molecule has 0 spiro atoms. The van der Waals surface area contributed by atoms with E-state index in [1.54, 1.807) is 13.2 Å². The predicted octanol–water partition coefficient (Wildman–Crippen LogP) is 3.57. The molecule has 0 aliphatic rings. The molecule has 0 amide bonds. The van der Waals surface area contributed by atoms with Crippen LogP contribution in [0.4, 0.5) is 0 Å². The lowest BCUT2D eigenvalue weighted by atomic mass is 10.0. The zero-order chi connectivity index (χ0) is 13.7. The lowest BCUT2D eigenvalue weighted by Crippen LogP contribution is -1.95. The van der Waals surface area contributed by atoms with Crippen LogP contribution in [0.3, 0.4) is 0 Å². The molecular formula is C16H16O3. The molecule has 19 heavy (non-hydrogen) atoms. The Balaban J connectivity index is 2.47. The van der Waals surface area contributed by atoms with Crippen LogP contribution in [0.5, 0.6) is 11.5 Å². The molecule has 2 aromatic carbocycles. The lowest BCUT2D eigenvalue weighted by molar-refractivity contribution is 0.112. The van der Waals surface area contributed by atoms with E-state index < -0.39 is 0 Å². The zero-order valence-corrected chi connectivity index (χ0v) is 11.1. The van der Waals surface area contributed by atoms with Crippen LogP contribution in [0.15, 0.2) is 42.5 Å². The Hall–Kier alpha value is -2.29. The summed E-state index contributed by atoms with van der Waals surface area (Å²) in [6, 6.07) is 13.1. The van der Waals surface area contributed by atoms with Gasteiger partial charge in [-0.15, -0.1) is 0 Å². The molecule has 0 aromatic heterocycles. The highest BCUT2D eigenvalue weighted by Gasteiger charge is 2.07. The number of benzene rings is 2. The number of aldehydes is 1. The molecule has 0 atom stereocenters. The first-order chi connectivity index (χ1) is 9.28. The smallest absolute Gasteiger partial charge is 0.150 e. The van der Waals surface area contributed by atoms with E-state index in [2.05, 4.69) is 0 Å². The lowest BCUT2D eigenvalue weighted by Gasteiger charge is -2.11. The number of carbonyl (C=O) groups is 1. The fraction of sp³-hybridized carbons (Fsp3) is 0.188. The normalized spacial score (nSPS) is 10.0. The number of ether oxygens (including phenoxy) is 2. The molecule has 3 heteroatoms. The molecule has 0 saturated carbocycles. The van der Waals surface area contributed by atoms with Crippen molar-refractivity contribution in [2.75, 3.05) is 13.7 Å². The van der Waals surface area contributed by atoms with Gasteiger partial charge in [-0.3, -0.25) is 4.79 Å². The Morgan fingerprint density at radius 2 is 1.84 bits per heavy atom. The van der Waals surface area contributed by atoms with Crippen LogP contribution in [0.2, 0.25) is 0 Å². The maximum atomic E-state index is 10.9. The molecule has 3 nitrogen and oxygen atoms in total. The second-order valence-electron chi connectivity index (χ2n) is 4.03. The molecule has 2 aromatic rings. The average Bonchev–Trinajstić information content (AvgIpc) is 2.48. The van der Waals surface area contributed by atoms with E-state index in [0.717, 1.165) is 28.9 Å². The first kappa shape index (κ1) is 13.1. The van der Waals surface area contributed by atoms with Crippen LogP contribution in [0, 0.1) is 0 Å². The molecular weight excluding hydrogens is 240 g/mol. The van der Waals surface area contributed by atoms with E-state index in [-0.39, 0.29) is 0 Å². The van der Waals surface area contributed by atoms with E-state index in [1.165, 1.54) is 0 Å². The Morgan fingerprint density at radius 3 is 2.42 bits per heavy atom. The number of rotatable bonds is 5. The Morgan fingerprint density at radius 1 is 1.11 bits per heavy atom. The van der Waals surface area contributed by atoms with E-state index >= 15 is 0 Å². The highest BCUT2D eigenvalue weighted by molar-refractivity contribution is 5.81. The summed E-state index contributed by atoms with van der Waals surface area (Å²) < 4.78 is 10.7. The molecule has 0 bridgehead atoms. The van der Waals surface area contributed by atoms with E-state index in [0.29, 0.717) is 12.2 Å². The van der Waals surface area contributed by atoms with Crippen LogP contribution in [0.1, 0.15) is 17.3 Å². The minimum atomic E-state index is 0.587. The monoisotopic (exact) mass is 256 g/mol. The van der Waals surface area contributed by atoms with E-state index in [9.17, 15) is 4.79 Å². The van der Waals surface area contributed by atoms with Crippen molar-refractivity contribution in [3.05, 3.63) is 48.0 Å². The van der Waals surface area contributed by atoms with Gasteiger partial charge in [-0.1, -0.05) is 12.1 Å². The molecule has 98 valence electrons. The van der Waals surface area contributed by atoms with Crippen molar-refractivity contribution in [1.82, 2.24) is 0 Å². The summed E-state index contributed by atoms with van der Waals surface area (Å²) in [7, 11) is 1.63. The van der Waals surface area contributed by atoms with Gasteiger partial charge >= 0.3 is 0 Å². The summed E-state index contributed by atoms with van der Waals surface area (Å²) in [6.45, 7) is 2.52. The SMILES string of the molecule is CCOc1ccc(C=O)cc1-c1ccc(OC)cc1. The van der Waals surface area contributed by atoms with E-state index in [4.69, 9.17) is 9.47 Å². The van der Waals surface area contributed by atoms with Gasteiger partial charge in [0.2, 0.25) is 0 Å². The number of hydrogen-bond acceptors (Lipinski definition) is 3.